The molecule has 0 rings (SSSR count). The van der Waals surface area contributed by atoms with Gasteiger partial charge >= 0.3 is 12.1 Å². The molecule has 0 amide bonds. The van der Waals surface area contributed by atoms with Crippen LogP contribution in [0.15, 0.2) is 12.7 Å². The predicted molar refractivity (Wildman–Crippen MR) is 39.3 cm³/mol. The third-order valence-electron chi connectivity index (χ3n) is 0.807. The van der Waals surface area contributed by atoms with Gasteiger partial charge in [-0.2, -0.15) is 0 Å². The molecule has 0 heterocycles. The molecular weight excluding hydrogens is 164 g/mol. The summed E-state index contributed by atoms with van der Waals surface area (Å²) in [5, 5.41) is 0. The zero-order valence-electron chi connectivity index (χ0n) is 6.74. The van der Waals surface area contributed by atoms with Gasteiger partial charge in [-0.3, -0.25) is 0 Å². The third kappa shape index (κ3) is 5.28. The fourth-order valence-electron chi connectivity index (χ4n) is 0.354. The van der Waals surface area contributed by atoms with Crippen molar-refractivity contribution < 1.29 is 23.8 Å². The summed E-state index contributed by atoms with van der Waals surface area (Å²) < 4.78 is 13.0. The van der Waals surface area contributed by atoms with Crippen molar-refractivity contribution in [2.75, 3.05) is 13.4 Å². The SMILES string of the molecule is C=CC(=O)OCOC(=O)OCC. The Kier molecular flexibility index (Phi) is 5.42. The van der Waals surface area contributed by atoms with Gasteiger partial charge in [-0.25, -0.2) is 9.59 Å². The van der Waals surface area contributed by atoms with E-state index in [9.17, 15) is 9.59 Å². The Morgan fingerprint density at radius 3 is 2.50 bits per heavy atom. The smallest absolute Gasteiger partial charge is 0.435 e. The number of ether oxygens (including phenoxy) is 3. The highest BCUT2D eigenvalue weighted by atomic mass is 16.8. The van der Waals surface area contributed by atoms with Crippen molar-refractivity contribution in [1.29, 1.82) is 0 Å². The summed E-state index contributed by atoms with van der Waals surface area (Å²) in [6.45, 7) is 4.55. The Balaban J connectivity index is 3.36. The molecule has 5 heteroatoms. The number of hydrogen-bond donors (Lipinski definition) is 0. The maximum Gasteiger partial charge on any atom is 0.511 e. The minimum atomic E-state index is -0.866. The molecule has 0 aliphatic rings. The molecule has 0 bridgehead atoms. The molecule has 0 saturated heterocycles. The van der Waals surface area contributed by atoms with Crippen LogP contribution in [0.4, 0.5) is 4.79 Å². The van der Waals surface area contributed by atoms with Crippen LogP contribution in [0, 0.1) is 0 Å². The average molecular weight is 174 g/mol. The van der Waals surface area contributed by atoms with Crippen molar-refractivity contribution in [3.8, 4) is 0 Å². The quantitative estimate of drug-likeness (QED) is 0.359. The van der Waals surface area contributed by atoms with Gasteiger partial charge in [-0.15, -0.1) is 0 Å². The topological polar surface area (TPSA) is 61.8 Å². The number of carbonyl (C=O) groups excluding carboxylic acids is 2. The Bertz CT molecular complexity index is 175. The number of rotatable bonds is 4. The molecule has 0 aromatic heterocycles. The van der Waals surface area contributed by atoms with Gasteiger partial charge in [0.1, 0.15) is 0 Å². The molecule has 0 aromatic rings. The maximum absolute atomic E-state index is 10.5. The Labute approximate surface area is 69.9 Å². The molecule has 0 radical (unpaired) electrons. The van der Waals surface area contributed by atoms with Gasteiger partial charge in [0.25, 0.3) is 0 Å². The first kappa shape index (κ1) is 10.5. The van der Waals surface area contributed by atoms with E-state index in [0.717, 1.165) is 6.08 Å². The molecule has 0 spiro atoms. The summed E-state index contributed by atoms with van der Waals surface area (Å²) in [5.74, 6) is -0.653. The van der Waals surface area contributed by atoms with Gasteiger partial charge < -0.3 is 14.2 Å². The van der Waals surface area contributed by atoms with Crippen LogP contribution in [-0.2, 0) is 19.0 Å². The van der Waals surface area contributed by atoms with Crippen LogP contribution in [0.2, 0.25) is 0 Å². The van der Waals surface area contributed by atoms with E-state index in [4.69, 9.17) is 0 Å². The second-order valence-corrected chi connectivity index (χ2v) is 1.61. The lowest BCUT2D eigenvalue weighted by atomic mass is 10.7. The predicted octanol–water partition coefficient (Wildman–Crippen LogP) is 0.846. The normalized spacial score (nSPS) is 8.42. The van der Waals surface area contributed by atoms with E-state index in [1.54, 1.807) is 6.92 Å². The average Bonchev–Trinajstić information content (AvgIpc) is 2.04. The number of hydrogen-bond acceptors (Lipinski definition) is 5. The Morgan fingerprint density at radius 1 is 1.33 bits per heavy atom. The minimum Gasteiger partial charge on any atom is -0.435 e. The van der Waals surface area contributed by atoms with Gasteiger partial charge in [0.05, 0.1) is 6.61 Å². The van der Waals surface area contributed by atoms with E-state index in [1.165, 1.54) is 0 Å². The summed E-state index contributed by atoms with van der Waals surface area (Å²) in [7, 11) is 0. The second-order valence-electron chi connectivity index (χ2n) is 1.61. The third-order valence-corrected chi connectivity index (χ3v) is 0.807. The van der Waals surface area contributed by atoms with E-state index < -0.39 is 18.9 Å². The molecule has 68 valence electrons. The first-order chi connectivity index (χ1) is 5.70. The first-order valence-electron chi connectivity index (χ1n) is 3.29. The van der Waals surface area contributed by atoms with Crippen LogP contribution in [0.5, 0.6) is 0 Å². The van der Waals surface area contributed by atoms with Crippen molar-refractivity contribution >= 4 is 12.1 Å². The molecule has 0 aromatic carbocycles. The molecule has 0 fully saturated rings. The molecule has 0 aliphatic carbocycles. The van der Waals surface area contributed by atoms with Crippen molar-refractivity contribution in [3.63, 3.8) is 0 Å². The van der Waals surface area contributed by atoms with Crippen molar-refractivity contribution in [2.24, 2.45) is 0 Å². The fraction of sp³-hybridized carbons (Fsp3) is 0.429. The monoisotopic (exact) mass is 174 g/mol. The highest BCUT2D eigenvalue weighted by molar-refractivity contribution is 5.81. The summed E-state index contributed by atoms with van der Waals surface area (Å²) in [4.78, 5) is 20.8. The van der Waals surface area contributed by atoms with Crippen LogP contribution < -0.4 is 0 Å². The first-order valence-corrected chi connectivity index (χ1v) is 3.29. The highest BCUT2D eigenvalue weighted by Gasteiger charge is 2.02. The molecule has 0 N–H and O–H groups in total. The summed E-state index contributed by atoms with van der Waals surface area (Å²) in [5.41, 5.74) is 0. The summed E-state index contributed by atoms with van der Waals surface area (Å²) >= 11 is 0. The Morgan fingerprint density at radius 2 is 2.00 bits per heavy atom. The molecular formula is C7H10O5. The molecule has 12 heavy (non-hydrogen) atoms. The summed E-state index contributed by atoms with van der Waals surface area (Å²) in [6.07, 6.45) is 0.100. The van der Waals surface area contributed by atoms with Gasteiger partial charge in [0.15, 0.2) is 0 Å². The van der Waals surface area contributed by atoms with Gasteiger partial charge in [0, 0.05) is 6.08 Å². The maximum atomic E-state index is 10.5. The van der Waals surface area contributed by atoms with Crippen molar-refractivity contribution in [3.05, 3.63) is 12.7 Å². The second kappa shape index (κ2) is 6.21. The molecule has 0 unspecified atom stereocenters. The van der Waals surface area contributed by atoms with E-state index in [0.29, 0.717) is 0 Å². The van der Waals surface area contributed by atoms with Gasteiger partial charge in [-0.1, -0.05) is 6.58 Å². The van der Waals surface area contributed by atoms with Crippen LogP contribution in [0.1, 0.15) is 6.92 Å². The zero-order valence-corrected chi connectivity index (χ0v) is 6.74. The summed E-state index contributed by atoms with van der Waals surface area (Å²) in [6, 6.07) is 0. The minimum absolute atomic E-state index is 0.217. The lowest BCUT2D eigenvalue weighted by molar-refractivity contribution is -0.147. The fourth-order valence-corrected chi connectivity index (χ4v) is 0.354. The molecule has 0 saturated carbocycles. The van der Waals surface area contributed by atoms with E-state index in [1.807, 2.05) is 0 Å². The zero-order chi connectivity index (χ0) is 9.40. The van der Waals surface area contributed by atoms with Crippen molar-refractivity contribution in [2.45, 2.75) is 6.92 Å². The standard InChI is InChI=1S/C7H10O5/c1-3-6(8)11-5-12-7(9)10-4-2/h3H,1,4-5H2,2H3. The highest BCUT2D eigenvalue weighted by Crippen LogP contribution is 1.86. The van der Waals surface area contributed by atoms with Gasteiger partial charge in [-0.05, 0) is 6.92 Å². The van der Waals surface area contributed by atoms with E-state index in [2.05, 4.69) is 20.8 Å². The van der Waals surface area contributed by atoms with Crippen LogP contribution >= 0.6 is 0 Å². The Hall–Kier alpha value is -1.52. The number of esters is 1. The van der Waals surface area contributed by atoms with Crippen molar-refractivity contribution in [1.82, 2.24) is 0 Å². The van der Waals surface area contributed by atoms with Crippen LogP contribution in [0.3, 0.4) is 0 Å². The lowest BCUT2D eigenvalue weighted by Crippen LogP contribution is -2.12. The van der Waals surface area contributed by atoms with Gasteiger partial charge in [0.2, 0.25) is 6.79 Å². The molecule has 0 aliphatic heterocycles. The molecule has 0 atom stereocenters. The largest absolute Gasteiger partial charge is 0.511 e. The lowest BCUT2D eigenvalue weighted by Gasteiger charge is -2.03. The van der Waals surface area contributed by atoms with E-state index in [-0.39, 0.29) is 6.61 Å². The van der Waals surface area contributed by atoms with Crippen LogP contribution in [-0.4, -0.2) is 25.5 Å². The number of carbonyl (C=O) groups is 2. The van der Waals surface area contributed by atoms with Crippen LogP contribution in [0.25, 0.3) is 0 Å². The van der Waals surface area contributed by atoms with E-state index >= 15 is 0 Å². The molecule has 5 nitrogen and oxygen atoms in total.